The van der Waals surface area contributed by atoms with E-state index < -0.39 is 0 Å². The Kier molecular flexibility index (Phi) is 4.76. The van der Waals surface area contributed by atoms with E-state index in [1.165, 1.54) is 0 Å². The van der Waals surface area contributed by atoms with Gasteiger partial charge in [0.2, 0.25) is 0 Å². The molecule has 1 aliphatic heterocycles. The van der Waals surface area contributed by atoms with Gasteiger partial charge in [0.05, 0.1) is 5.69 Å². The zero-order valence-corrected chi connectivity index (χ0v) is 14.6. The van der Waals surface area contributed by atoms with Gasteiger partial charge in [-0.15, -0.1) is 0 Å². The molecule has 3 rings (SSSR count). The van der Waals surface area contributed by atoms with E-state index >= 15 is 0 Å². The molecule has 0 spiro atoms. The second-order valence-electron chi connectivity index (χ2n) is 5.96. The molecule has 0 fully saturated rings. The lowest BCUT2D eigenvalue weighted by molar-refractivity contribution is -0.115. The van der Waals surface area contributed by atoms with Crippen LogP contribution in [-0.4, -0.2) is 17.9 Å². The number of rotatable bonds is 3. The van der Waals surface area contributed by atoms with Crippen LogP contribution in [0.2, 0.25) is 5.02 Å². The molecule has 0 atom stereocenters. The number of carbonyl (C=O) groups excluding carboxylic acids is 2. The fourth-order valence-corrected chi connectivity index (χ4v) is 2.48. The van der Waals surface area contributed by atoms with Crippen molar-refractivity contribution in [2.45, 2.75) is 19.9 Å². The first-order valence-electron chi connectivity index (χ1n) is 7.84. The van der Waals surface area contributed by atoms with Crippen molar-refractivity contribution in [2.75, 3.05) is 5.32 Å². The summed E-state index contributed by atoms with van der Waals surface area (Å²) >= 11 is 5.86. The lowest BCUT2D eigenvalue weighted by Crippen LogP contribution is -2.30. The third-order valence-corrected chi connectivity index (χ3v) is 3.77. The smallest absolute Gasteiger partial charge is 0.291 e. The van der Waals surface area contributed by atoms with Crippen LogP contribution in [0.4, 0.5) is 5.69 Å². The quantitative estimate of drug-likeness (QED) is 0.821. The summed E-state index contributed by atoms with van der Waals surface area (Å²) in [5.74, 6) is 0.0912. The molecule has 0 bridgehead atoms. The Morgan fingerprint density at radius 2 is 1.92 bits per heavy atom. The average molecular weight is 357 g/mol. The van der Waals surface area contributed by atoms with E-state index in [-0.39, 0.29) is 23.6 Å². The summed E-state index contributed by atoms with van der Waals surface area (Å²) in [4.78, 5) is 24.3. The monoisotopic (exact) mass is 356 g/mol. The summed E-state index contributed by atoms with van der Waals surface area (Å²) in [5.41, 5.74) is 1.72. The summed E-state index contributed by atoms with van der Waals surface area (Å²) in [6, 6.07) is 12.0. The summed E-state index contributed by atoms with van der Waals surface area (Å²) in [6.45, 7) is 3.77. The van der Waals surface area contributed by atoms with Crippen LogP contribution in [-0.2, 0) is 4.79 Å². The number of benzene rings is 2. The first-order valence-corrected chi connectivity index (χ1v) is 8.21. The van der Waals surface area contributed by atoms with E-state index in [1.54, 1.807) is 48.5 Å². The minimum absolute atomic E-state index is 0.0308. The lowest BCUT2D eigenvalue weighted by atomic mass is 10.1. The second kappa shape index (κ2) is 6.99. The summed E-state index contributed by atoms with van der Waals surface area (Å²) < 4.78 is 5.68. The standard InChI is InChI=1S/C19H17ClN2O3/c1-11(2)21-18(23)13-5-8-16-15(10-13)22-19(24)17(25-16)9-12-3-6-14(20)7-4-12/h3-11H,1-2H3,(H,21,23)(H,22,24)/b17-9-. The first kappa shape index (κ1) is 17.0. The SMILES string of the molecule is CC(C)NC(=O)c1ccc2c(c1)NC(=O)/C(=C/c1ccc(Cl)cc1)O2. The predicted molar refractivity (Wildman–Crippen MR) is 97.7 cm³/mol. The fraction of sp³-hybridized carbons (Fsp3) is 0.158. The number of amides is 2. The molecular weight excluding hydrogens is 340 g/mol. The molecule has 1 aliphatic rings. The van der Waals surface area contributed by atoms with Gasteiger partial charge in [0, 0.05) is 16.6 Å². The average Bonchev–Trinajstić information content (AvgIpc) is 2.56. The zero-order valence-electron chi connectivity index (χ0n) is 13.8. The van der Waals surface area contributed by atoms with E-state index in [4.69, 9.17) is 16.3 Å². The van der Waals surface area contributed by atoms with Crippen LogP contribution in [0.5, 0.6) is 5.75 Å². The Labute approximate surface area is 150 Å². The molecule has 128 valence electrons. The number of ether oxygens (including phenoxy) is 1. The number of halogens is 1. The molecule has 0 radical (unpaired) electrons. The minimum atomic E-state index is -0.371. The van der Waals surface area contributed by atoms with Gasteiger partial charge in [-0.2, -0.15) is 0 Å². The Hall–Kier alpha value is -2.79. The van der Waals surface area contributed by atoms with Crippen molar-refractivity contribution < 1.29 is 14.3 Å². The van der Waals surface area contributed by atoms with Crippen LogP contribution in [0.25, 0.3) is 6.08 Å². The van der Waals surface area contributed by atoms with Crippen molar-refractivity contribution >= 4 is 35.2 Å². The molecule has 2 amide bonds. The highest BCUT2D eigenvalue weighted by Crippen LogP contribution is 2.32. The highest BCUT2D eigenvalue weighted by atomic mass is 35.5. The van der Waals surface area contributed by atoms with Crippen LogP contribution in [0.1, 0.15) is 29.8 Å². The normalized spacial score (nSPS) is 14.7. The molecule has 2 N–H and O–H groups in total. The largest absolute Gasteiger partial charge is 0.449 e. The highest BCUT2D eigenvalue weighted by Gasteiger charge is 2.23. The molecule has 0 saturated heterocycles. The van der Waals surface area contributed by atoms with Crippen molar-refractivity contribution in [1.29, 1.82) is 0 Å². The van der Waals surface area contributed by atoms with Gasteiger partial charge >= 0.3 is 0 Å². The van der Waals surface area contributed by atoms with Crippen molar-refractivity contribution in [3.63, 3.8) is 0 Å². The van der Waals surface area contributed by atoms with Gasteiger partial charge in [-0.05, 0) is 55.8 Å². The van der Waals surface area contributed by atoms with Crippen LogP contribution >= 0.6 is 11.6 Å². The maximum Gasteiger partial charge on any atom is 0.291 e. The molecule has 0 aromatic heterocycles. The van der Waals surface area contributed by atoms with Gasteiger partial charge in [-0.1, -0.05) is 23.7 Å². The van der Waals surface area contributed by atoms with Gasteiger partial charge in [0.25, 0.3) is 11.8 Å². The second-order valence-corrected chi connectivity index (χ2v) is 6.39. The number of hydrogen-bond donors (Lipinski definition) is 2. The van der Waals surface area contributed by atoms with Gasteiger partial charge in [0.15, 0.2) is 11.5 Å². The number of fused-ring (bicyclic) bond motifs is 1. The molecule has 5 nitrogen and oxygen atoms in total. The van der Waals surface area contributed by atoms with Crippen molar-refractivity contribution in [1.82, 2.24) is 5.32 Å². The number of carbonyl (C=O) groups is 2. The van der Waals surface area contributed by atoms with Crippen molar-refractivity contribution in [3.8, 4) is 5.75 Å². The molecule has 25 heavy (non-hydrogen) atoms. The zero-order chi connectivity index (χ0) is 18.0. The van der Waals surface area contributed by atoms with Crippen LogP contribution in [0.15, 0.2) is 48.2 Å². The Morgan fingerprint density at radius 3 is 2.60 bits per heavy atom. The molecule has 6 heteroatoms. The highest BCUT2D eigenvalue weighted by molar-refractivity contribution is 6.30. The maximum absolute atomic E-state index is 12.3. The van der Waals surface area contributed by atoms with Gasteiger partial charge in [-0.25, -0.2) is 0 Å². The molecule has 2 aromatic rings. The fourth-order valence-electron chi connectivity index (χ4n) is 2.36. The van der Waals surface area contributed by atoms with Crippen molar-refractivity contribution in [2.24, 2.45) is 0 Å². The Morgan fingerprint density at radius 1 is 1.20 bits per heavy atom. The van der Waals surface area contributed by atoms with Crippen molar-refractivity contribution in [3.05, 3.63) is 64.4 Å². The number of nitrogens with one attached hydrogen (secondary N) is 2. The van der Waals surface area contributed by atoms with Crippen LogP contribution in [0.3, 0.4) is 0 Å². The topological polar surface area (TPSA) is 67.4 Å². The molecule has 0 aliphatic carbocycles. The molecular formula is C19H17ClN2O3. The van der Waals surface area contributed by atoms with E-state index in [9.17, 15) is 9.59 Å². The third-order valence-electron chi connectivity index (χ3n) is 3.52. The van der Waals surface area contributed by atoms with Gasteiger partial charge < -0.3 is 15.4 Å². The molecule has 0 unspecified atom stereocenters. The van der Waals surface area contributed by atoms with Gasteiger partial charge in [-0.3, -0.25) is 9.59 Å². The summed E-state index contributed by atoms with van der Waals surface area (Å²) in [6.07, 6.45) is 1.63. The minimum Gasteiger partial charge on any atom is -0.449 e. The number of anilines is 1. The Balaban J connectivity index is 1.84. The first-order chi connectivity index (χ1) is 11.9. The van der Waals surface area contributed by atoms with E-state index in [0.29, 0.717) is 22.0 Å². The third kappa shape index (κ3) is 4.00. The summed E-state index contributed by atoms with van der Waals surface area (Å²) in [5, 5.41) is 6.18. The van der Waals surface area contributed by atoms with Crippen LogP contribution < -0.4 is 15.4 Å². The summed E-state index contributed by atoms with van der Waals surface area (Å²) in [7, 11) is 0. The van der Waals surface area contributed by atoms with E-state index in [1.807, 2.05) is 13.8 Å². The van der Waals surface area contributed by atoms with E-state index in [0.717, 1.165) is 5.56 Å². The molecule has 1 heterocycles. The van der Waals surface area contributed by atoms with Crippen LogP contribution in [0, 0.1) is 0 Å². The molecule has 2 aromatic carbocycles. The van der Waals surface area contributed by atoms with Gasteiger partial charge in [0.1, 0.15) is 0 Å². The van der Waals surface area contributed by atoms with E-state index in [2.05, 4.69) is 10.6 Å². The molecule has 0 saturated carbocycles. The number of hydrogen-bond acceptors (Lipinski definition) is 3. The predicted octanol–water partition coefficient (Wildman–Crippen LogP) is 3.85. The lowest BCUT2D eigenvalue weighted by Gasteiger charge is -2.20. The maximum atomic E-state index is 12.3. The Bertz CT molecular complexity index is 857.